The van der Waals surface area contributed by atoms with Gasteiger partial charge in [-0.3, -0.25) is 4.90 Å². The fourth-order valence-corrected chi connectivity index (χ4v) is 3.09. The molecule has 2 aliphatic heterocycles. The molecule has 0 spiro atoms. The van der Waals surface area contributed by atoms with Crippen molar-refractivity contribution in [2.75, 3.05) is 32.8 Å². The van der Waals surface area contributed by atoms with Crippen LogP contribution in [-0.4, -0.2) is 49.8 Å². The Hall–Kier alpha value is -0.120. The Labute approximate surface area is 106 Å². The Morgan fingerprint density at radius 3 is 2.65 bits per heavy atom. The summed E-state index contributed by atoms with van der Waals surface area (Å²) >= 11 is 0. The molecule has 2 fully saturated rings. The van der Waals surface area contributed by atoms with Crippen LogP contribution in [0.2, 0.25) is 0 Å². The molecule has 3 nitrogen and oxygen atoms in total. The first-order valence-corrected chi connectivity index (χ1v) is 7.32. The molecule has 2 aliphatic rings. The zero-order valence-corrected chi connectivity index (χ0v) is 11.5. The zero-order chi connectivity index (χ0) is 12.1. The molecule has 17 heavy (non-hydrogen) atoms. The van der Waals surface area contributed by atoms with E-state index < -0.39 is 0 Å². The lowest BCUT2D eigenvalue weighted by Crippen LogP contribution is -2.42. The third-order valence-electron chi connectivity index (χ3n) is 4.29. The van der Waals surface area contributed by atoms with Crippen LogP contribution < -0.4 is 5.32 Å². The van der Waals surface area contributed by atoms with Crippen molar-refractivity contribution in [1.82, 2.24) is 10.2 Å². The highest BCUT2D eigenvalue weighted by atomic mass is 16.5. The predicted octanol–water partition coefficient (Wildman–Crippen LogP) is 1.88. The van der Waals surface area contributed by atoms with Gasteiger partial charge in [-0.05, 0) is 58.2 Å². The molecule has 2 atom stereocenters. The van der Waals surface area contributed by atoms with Gasteiger partial charge in [-0.25, -0.2) is 0 Å². The van der Waals surface area contributed by atoms with Gasteiger partial charge >= 0.3 is 0 Å². The first-order valence-electron chi connectivity index (χ1n) is 7.32. The van der Waals surface area contributed by atoms with E-state index >= 15 is 0 Å². The van der Waals surface area contributed by atoms with Crippen molar-refractivity contribution in [3.8, 4) is 0 Å². The minimum Gasteiger partial charge on any atom is -0.377 e. The molecule has 0 aromatic carbocycles. The number of nitrogens with one attached hydrogen (secondary N) is 1. The van der Waals surface area contributed by atoms with Crippen LogP contribution in [0, 0.1) is 5.92 Å². The Morgan fingerprint density at radius 2 is 1.94 bits per heavy atom. The van der Waals surface area contributed by atoms with E-state index in [1.54, 1.807) is 0 Å². The van der Waals surface area contributed by atoms with Crippen LogP contribution in [0.4, 0.5) is 0 Å². The summed E-state index contributed by atoms with van der Waals surface area (Å²) in [6.07, 6.45) is 5.60. The summed E-state index contributed by atoms with van der Waals surface area (Å²) in [5, 5.41) is 3.38. The molecule has 0 aromatic heterocycles. The second-order valence-electron chi connectivity index (χ2n) is 5.83. The van der Waals surface area contributed by atoms with E-state index in [0.29, 0.717) is 6.10 Å². The van der Waals surface area contributed by atoms with Gasteiger partial charge in [0.25, 0.3) is 0 Å². The van der Waals surface area contributed by atoms with E-state index in [0.717, 1.165) is 38.2 Å². The number of likely N-dealkylation sites (tertiary alicyclic amines) is 1. The summed E-state index contributed by atoms with van der Waals surface area (Å²) in [6.45, 7) is 10.3. The highest BCUT2D eigenvalue weighted by Crippen LogP contribution is 2.21. The molecule has 0 amide bonds. The molecule has 0 radical (unpaired) electrons. The molecular weight excluding hydrogens is 212 g/mol. The molecule has 0 aromatic rings. The van der Waals surface area contributed by atoms with Gasteiger partial charge in [0.1, 0.15) is 0 Å². The van der Waals surface area contributed by atoms with Crippen LogP contribution in [0.5, 0.6) is 0 Å². The number of ether oxygens (including phenoxy) is 1. The summed E-state index contributed by atoms with van der Waals surface area (Å²) in [6, 6.07) is 0.746. The lowest BCUT2D eigenvalue weighted by molar-refractivity contribution is 0.00731. The van der Waals surface area contributed by atoms with Crippen molar-refractivity contribution in [2.45, 2.75) is 51.7 Å². The van der Waals surface area contributed by atoms with Crippen LogP contribution in [0.1, 0.15) is 39.5 Å². The molecule has 2 heterocycles. The number of piperidine rings is 2. The van der Waals surface area contributed by atoms with Crippen LogP contribution in [0.3, 0.4) is 0 Å². The molecule has 0 bridgehead atoms. The maximum Gasteiger partial charge on any atom is 0.0600 e. The summed E-state index contributed by atoms with van der Waals surface area (Å²) in [5.74, 6) is 0.909. The van der Waals surface area contributed by atoms with Crippen molar-refractivity contribution in [3.05, 3.63) is 0 Å². The number of hydrogen-bond acceptors (Lipinski definition) is 3. The summed E-state index contributed by atoms with van der Waals surface area (Å²) in [5.41, 5.74) is 0. The van der Waals surface area contributed by atoms with E-state index in [-0.39, 0.29) is 0 Å². The first kappa shape index (κ1) is 13.3. The van der Waals surface area contributed by atoms with E-state index in [2.05, 4.69) is 24.1 Å². The lowest BCUT2D eigenvalue weighted by atomic mass is 9.93. The maximum atomic E-state index is 5.98. The Balaban J connectivity index is 1.61. The standard InChI is InChI=1S/C14H28N2O/c1-12-5-8-16(13(2)11-12)9-10-17-14-3-6-15-7-4-14/h12-15H,3-11H2,1-2H3. The third-order valence-corrected chi connectivity index (χ3v) is 4.29. The quantitative estimate of drug-likeness (QED) is 0.812. The Bertz CT molecular complexity index is 216. The second-order valence-corrected chi connectivity index (χ2v) is 5.83. The molecular formula is C14H28N2O. The SMILES string of the molecule is CC1CCN(CCOC2CCNCC2)C(C)C1. The highest BCUT2D eigenvalue weighted by Gasteiger charge is 2.22. The Morgan fingerprint density at radius 1 is 1.18 bits per heavy atom. The number of hydrogen-bond donors (Lipinski definition) is 1. The summed E-state index contributed by atoms with van der Waals surface area (Å²) < 4.78 is 5.98. The maximum absolute atomic E-state index is 5.98. The lowest BCUT2D eigenvalue weighted by Gasteiger charge is -2.36. The second kappa shape index (κ2) is 6.72. The van der Waals surface area contributed by atoms with Crippen LogP contribution >= 0.6 is 0 Å². The first-order chi connectivity index (χ1) is 8.25. The molecule has 0 saturated carbocycles. The fourth-order valence-electron chi connectivity index (χ4n) is 3.09. The smallest absolute Gasteiger partial charge is 0.0600 e. The third kappa shape index (κ3) is 4.23. The van der Waals surface area contributed by atoms with Gasteiger partial charge in [0.15, 0.2) is 0 Å². The van der Waals surface area contributed by atoms with Gasteiger partial charge in [0, 0.05) is 12.6 Å². The molecule has 100 valence electrons. The van der Waals surface area contributed by atoms with E-state index in [4.69, 9.17) is 4.74 Å². The molecule has 2 saturated heterocycles. The van der Waals surface area contributed by atoms with Crippen LogP contribution in [-0.2, 0) is 4.74 Å². The molecule has 1 N–H and O–H groups in total. The summed E-state index contributed by atoms with van der Waals surface area (Å²) in [7, 11) is 0. The zero-order valence-electron chi connectivity index (χ0n) is 11.5. The molecule has 2 unspecified atom stereocenters. The van der Waals surface area contributed by atoms with Crippen molar-refractivity contribution in [2.24, 2.45) is 5.92 Å². The van der Waals surface area contributed by atoms with Gasteiger partial charge in [0.2, 0.25) is 0 Å². The normalized spacial score (nSPS) is 32.8. The monoisotopic (exact) mass is 240 g/mol. The van der Waals surface area contributed by atoms with Crippen LogP contribution in [0.25, 0.3) is 0 Å². The van der Waals surface area contributed by atoms with E-state index in [1.807, 2.05) is 0 Å². The van der Waals surface area contributed by atoms with Crippen molar-refractivity contribution in [3.63, 3.8) is 0 Å². The average Bonchev–Trinajstić information content (AvgIpc) is 2.33. The number of rotatable bonds is 4. The van der Waals surface area contributed by atoms with E-state index in [9.17, 15) is 0 Å². The predicted molar refractivity (Wildman–Crippen MR) is 71.3 cm³/mol. The van der Waals surface area contributed by atoms with E-state index in [1.165, 1.54) is 32.2 Å². The fraction of sp³-hybridized carbons (Fsp3) is 1.00. The largest absolute Gasteiger partial charge is 0.377 e. The van der Waals surface area contributed by atoms with Crippen molar-refractivity contribution < 1.29 is 4.74 Å². The molecule has 0 aliphatic carbocycles. The van der Waals surface area contributed by atoms with Crippen molar-refractivity contribution in [1.29, 1.82) is 0 Å². The van der Waals surface area contributed by atoms with Crippen LogP contribution in [0.15, 0.2) is 0 Å². The number of nitrogens with zero attached hydrogens (tertiary/aromatic N) is 1. The molecule has 3 heteroatoms. The van der Waals surface area contributed by atoms with Gasteiger partial charge < -0.3 is 10.1 Å². The van der Waals surface area contributed by atoms with Gasteiger partial charge in [-0.1, -0.05) is 6.92 Å². The summed E-state index contributed by atoms with van der Waals surface area (Å²) in [4.78, 5) is 2.60. The minimum atomic E-state index is 0.510. The van der Waals surface area contributed by atoms with Crippen molar-refractivity contribution >= 4 is 0 Å². The van der Waals surface area contributed by atoms with Gasteiger partial charge in [-0.2, -0.15) is 0 Å². The molecule has 2 rings (SSSR count). The highest BCUT2D eigenvalue weighted by molar-refractivity contribution is 4.77. The topological polar surface area (TPSA) is 24.5 Å². The minimum absolute atomic E-state index is 0.510. The van der Waals surface area contributed by atoms with Gasteiger partial charge in [0.05, 0.1) is 12.7 Å². The van der Waals surface area contributed by atoms with Gasteiger partial charge in [-0.15, -0.1) is 0 Å². The Kier molecular flexibility index (Phi) is 5.26. The average molecular weight is 240 g/mol.